The molecule has 0 heterocycles. The summed E-state index contributed by atoms with van der Waals surface area (Å²) in [4.78, 5) is 0. The summed E-state index contributed by atoms with van der Waals surface area (Å²) in [5, 5.41) is 2.79. The lowest BCUT2D eigenvalue weighted by atomic mass is 9.99. The molecule has 0 radical (unpaired) electrons. The van der Waals surface area contributed by atoms with Crippen molar-refractivity contribution in [1.29, 1.82) is 0 Å². The van der Waals surface area contributed by atoms with Gasteiger partial charge in [-0.15, -0.1) is 6.58 Å². The Hall–Kier alpha value is -1.82. The smallest absolute Gasteiger partial charge is 0.00360 e. The highest BCUT2D eigenvalue weighted by atomic mass is 14.2. The van der Waals surface area contributed by atoms with E-state index in [1.165, 1.54) is 33.9 Å². The van der Waals surface area contributed by atoms with E-state index in [1.807, 2.05) is 6.08 Å². The fraction of sp³-hybridized carbons (Fsp3) is 0.176. The second-order valence-corrected chi connectivity index (χ2v) is 4.60. The van der Waals surface area contributed by atoms with Crippen molar-refractivity contribution >= 4 is 22.4 Å². The van der Waals surface area contributed by atoms with Gasteiger partial charge in [0.25, 0.3) is 0 Å². The second kappa shape index (κ2) is 4.21. The summed E-state index contributed by atoms with van der Waals surface area (Å²) in [6, 6.07) is 13.2. The van der Waals surface area contributed by atoms with Gasteiger partial charge in [-0.2, -0.15) is 0 Å². The van der Waals surface area contributed by atoms with Crippen molar-refractivity contribution in [2.45, 2.75) is 19.3 Å². The highest BCUT2D eigenvalue weighted by Gasteiger charge is 2.14. The van der Waals surface area contributed by atoms with Crippen LogP contribution in [0.3, 0.4) is 0 Å². The Morgan fingerprint density at radius 1 is 1.06 bits per heavy atom. The number of unbranched alkanes of at least 4 members (excludes halogenated alkanes) is 1. The fourth-order valence-corrected chi connectivity index (χ4v) is 2.67. The molecule has 0 N–H and O–H groups in total. The standard InChI is InChI=1S/C17H16/c1-2-3-4-7-14-12-15-10-5-8-13-9-6-11-16(14)17(13)15/h2,5-6,8-12H,1,3-4,7H2. The summed E-state index contributed by atoms with van der Waals surface area (Å²) in [6.07, 6.45) is 7.80. The van der Waals surface area contributed by atoms with Crippen LogP contribution in [0.5, 0.6) is 0 Å². The fourth-order valence-electron chi connectivity index (χ4n) is 2.67. The minimum atomic E-state index is 1.10. The minimum Gasteiger partial charge on any atom is -0.103 e. The molecule has 0 amide bonds. The van der Waals surface area contributed by atoms with Crippen LogP contribution in [0.4, 0.5) is 0 Å². The van der Waals surface area contributed by atoms with Gasteiger partial charge >= 0.3 is 0 Å². The van der Waals surface area contributed by atoms with Gasteiger partial charge in [-0.1, -0.05) is 48.6 Å². The largest absolute Gasteiger partial charge is 0.103 e. The first-order valence-corrected chi connectivity index (χ1v) is 6.24. The van der Waals surface area contributed by atoms with E-state index in [4.69, 9.17) is 0 Å². The van der Waals surface area contributed by atoms with Gasteiger partial charge in [0.05, 0.1) is 0 Å². The van der Waals surface area contributed by atoms with E-state index in [0.29, 0.717) is 0 Å². The molecular weight excluding hydrogens is 204 g/mol. The number of allylic oxidation sites excluding steroid dienone is 2. The number of hydrogen-bond donors (Lipinski definition) is 0. The molecule has 1 aliphatic rings. The third-order valence-electron chi connectivity index (χ3n) is 3.47. The van der Waals surface area contributed by atoms with Crippen molar-refractivity contribution in [2.24, 2.45) is 0 Å². The van der Waals surface area contributed by atoms with E-state index in [0.717, 1.165) is 12.8 Å². The molecule has 0 unspecified atom stereocenters. The first kappa shape index (κ1) is 10.3. The predicted molar refractivity (Wildman–Crippen MR) is 75.9 cm³/mol. The zero-order valence-corrected chi connectivity index (χ0v) is 9.95. The van der Waals surface area contributed by atoms with Crippen LogP contribution in [-0.2, 0) is 0 Å². The average molecular weight is 220 g/mol. The van der Waals surface area contributed by atoms with Crippen LogP contribution < -0.4 is 0 Å². The Morgan fingerprint density at radius 3 is 2.71 bits per heavy atom. The van der Waals surface area contributed by atoms with Crippen LogP contribution in [0.15, 0.2) is 49.1 Å². The Morgan fingerprint density at radius 2 is 1.88 bits per heavy atom. The maximum Gasteiger partial charge on any atom is -0.00360 e. The lowest BCUT2D eigenvalue weighted by Crippen LogP contribution is -1.82. The third-order valence-corrected chi connectivity index (χ3v) is 3.47. The van der Waals surface area contributed by atoms with Crippen LogP contribution in [0.25, 0.3) is 22.4 Å². The Labute approximate surface area is 102 Å². The monoisotopic (exact) mass is 220 g/mol. The average Bonchev–Trinajstić information content (AvgIpc) is 2.71. The molecule has 0 aliphatic heterocycles. The molecule has 3 rings (SSSR count). The van der Waals surface area contributed by atoms with E-state index in [2.05, 4.69) is 49.1 Å². The topological polar surface area (TPSA) is 0 Å². The van der Waals surface area contributed by atoms with Gasteiger partial charge in [0.2, 0.25) is 0 Å². The molecule has 0 heteroatoms. The lowest BCUT2D eigenvalue weighted by molar-refractivity contribution is 0.884. The first-order chi connectivity index (χ1) is 8.40. The third kappa shape index (κ3) is 1.70. The Bertz CT molecular complexity index is 597. The molecule has 0 saturated carbocycles. The van der Waals surface area contributed by atoms with Gasteiger partial charge in [0, 0.05) is 0 Å². The summed E-state index contributed by atoms with van der Waals surface area (Å²) < 4.78 is 0. The van der Waals surface area contributed by atoms with Gasteiger partial charge in [0.1, 0.15) is 0 Å². The zero-order chi connectivity index (χ0) is 11.7. The molecule has 0 atom stereocenters. The van der Waals surface area contributed by atoms with E-state index in [9.17, 15) is 0 Å². The first-order valence-electron chi connectivity index (χ1n) is 6.24. The highest BCUT2D eigenvalue weighted by molar-refractivity contribution is 6.09. The second-order valence-electron chi connectivity index (χ2n) is 4.60. The lowest BCUT2D eigenvalue weighted by Gasteiger charge is -2.05. The maximum atomic E-state index is 3.78. The van der Waals surface area contributed by atoms with Gasteiger partial charge in [-0.3, -0.25) is 0 Å². The number of rotatable bonds is 4. The van der Waals surface area contributed by atoms with Crippen molar-refractivity contribution in [3.05, 3.63) is 60.2 Å². The molecule has 0 spiro atoms. The van der Waals surface area contributed by atoms with Crippen LogP contribution in [0.2, 0.25) is 0 Å². The molecule has 0 bridgehead atoms. The van der Waals surface area contributed by atoms with Crippen molar-refractivity contribution in [1.82, 2.24) is 0 Å². The van der Waals surface area contributed by atoms with E-state index >= 15 is 0 Å². The maximum absolute atomic E-state index is 3.78. The highest BCUT2D eigenvalue weighted by Crippen LogP contribution is 2.38. The minimum absolute atomic E-state index is 1.10. The van der Waals surface area contributed by atoms with E-state index in [1.54, 1.807) is 0 Å². The quantitative estimate of drug-likeness (QED) is 0.499. The molecule has 84 valence electrons. The predicted octanol–water partition coefficient (Wildman–Crippen LogP) is 5.05. The summed E-state index contributed by atoms with van der Waals surface area (Å²) in [5.74, 6) is 0. The van der Waals surface area contributed by atoms with Crippen LogP contribution in [-0.4, -0.2) is 0 Å². The van der Waals surface area contributed by atoms with Crippen molar-refractivity contribution < 1.29 is 0 Å². The summed E-state index contributed by atoms with van der Waals surface area (Å²) in [6.45, 7) is 3.78. The van der Waals surface area contributed by atoms with Crippen molar-refractivity contribution in [3.8, 4) is 0 Å². The summed E-state index contributed by atoms with van der Waals surface area (Å²) in [7, 11) is 0. The molecule has 2 aromatic carbocycles. The Balaban J connectivity index is 2.02. The molecule has 2 aromatic rings. The molecule has 0 aromatic heterocycles. The SMILES string of the molecule is C=CCCCC1=Cc2cccc3cccc1c23. The number of benzene rings is 2. The van der Waals surface area contributed by atoms with Crippen LogP contribution >= 0.6 is 0 Å². The summed E-state index contributed by atoms with van der Waals surface area (Å²) in [5.41, 5.74) is 4.30. The molecular formula is C17H16. The molecule has 0 fully saturated rings. The Kier molecular flexibility index (Phi) is 2.56. The van der Waals surface area contributed by atoms with Gasteiger partial charge in [0.15, 0.2) is 0 Å². The normalized spacial score (nSPS) is 12.8. The van der Waals surface area contributed by atoms with Crippen molar-refractivity contribution in [2.75, 3.05) is 0 Å². The van der Waals surface area contributed by atoms with E-state index < -0.39 is 0 Å². The molecule has 1 aliphatic carbocycles. The number of hydrogen-bond acceptors (Lipinski definition) is 0. The van der Waals surface area contributed by atoms with Gasteiger partial charge < -0.3 is 0 Å². The van der Waals surface area contributed by atoms with Crippen LogP contribution in [0, 0.1) is 0 Å². The van der Waals surface area contributed by atoms with E-state index in [-0.39, 0.29) is 0 Å². The zero-order valence-electron chi connectivity index (χ0n) is 9.95. The van der Waals surface area contributed by atoms with Gasteiger partial charge in [-0.05, 0) is 46.7 Å². The van der Waals surface area contributed by atoms with Gasteiger partial charge in [-0.25, -0.2) is 0 Å². The molecule has 17 heavy (non-hydrogen) atoms. The molecule has 0 nitrogen and oxygen atoms in total. The molecule has 0 saturated heterocycles. The van der Waals surface area contributed by atoms with Crippen molar-refractivity contribution in [3.63, 3.8) is 0 Å². The van der Waals surface area contributed by atoms with Crippen LogP contribution in [0.1, 0.15) is 30.4 Å². The summed E-state index contributed by atoms with van der Waals surface area (Å²) >= 11 is 0.